The summed E-state index contributed by atoms with van der Waals surface area (Å²) in [4.78, 5) is 14.0. The first kappa shape index (κ1) is 16.3. The SMILES string of the molecule is Cc1cnc(CN(C)[C@@H]2CCN(Cc3nc4ccccc4n3C)C2)o1. The van der Waals surface area contributed by atoms with E-state index in [0.29, 0.717) is 6.04 Å². The minimum absolute atomic E-state index is 0.530. The fourth-order valence-corrected chi connectivity index (χ4v) is 3.67. The maximum atomic E-state index is 5.61. The number of likely N-dealkylation sites (N-methyl/N-ethyl adjacent to an activating group) is 1. The Morgan fingerprint density at radius 3 is 2.92 bits per heavy atom. The minimum Gasteiger partial charge on any atom is -0.445 e. The van der Waals surface area contributed by atoms with E-state index in [1.165, 1.54) is 11.9 Å². The molecule has 1 aromatic carbocycles. The molecule has 6 nitrogen and oxygen atoms in total. The topological polar surface area (TPSA) is 50.3 Å². The molecule has 3 aromatic rings. The van der Waals surface area contributed by atoms with Gasteiger partial charge in [-0.1, -0.05) is 12.1 Å². The number of aryl methyl sites for hydroxylation is 2. The van der Waals surface area contributed by atoms with E-state index in [1.54, 1.807) is 6.20 Å². The molecule has 0 unspecified atom stereocenters. The molecule has 0 aliphatic carbocycles. The van der Waals surface area contributed by atoms with E-state index in [-0.39, 0.29) is 0 Å². The first-order chi connectivity index (χ1) is 12.1. The number of likely N-dealkylation sites (tertiary alicyclic amines) is 1. The number of aromatic nitrogens is 3. The van der Waals surface area contributed by atoms with E-state index in [4.69, 9.17) is 9.40 Å². The van der Waals surface area contributed by atoms with Crippen molar-refractivity contribution >= 4 is 11.0 Å². The molecule has 132 valence electrons. The Bertz CT molecular complexity index is 868. The highest BCUT2D eigenvalue weighted by atomic mass is 16.4. The van der Waals surface area contributed by atoms with E-state index in [9.17, 15) is 0 Å². The number of imidazole rings is 1. The van der Waals surface area contributed by atoms with Gasteiger partial charge in [-0.3, -0.25) is 9.80 Å². The summed E-state index contributed by atoms with van der Waals surface area (Å²) < 4.78 is 7.82. The van der Waals surface area contributed by atoms with Gasteiger partial charge in [0.2, 0.25) is 5.89 Å². The molecule has 1 aliphatic rings. The predicted octanol–water partition coefficient (Wildman–Crippen LogP) is 2.58. The average molecular weight is 339 g/mol. The molecule has 25 heavy (non-hydrogen) atoms. The average Bonchev–Trinajstić information content (AvgIpc) is 3.29. The number of fused-ring (bicyclic) bond motifs is 1. The largest absolute Gasteiger partial charge is 0.445 e. The lowest BCUT2D eigenvalue weighted by Crippen LogP contribution is -2.34. The van der Waals surface area contributed by atoms with Crippen LogP contribution < -0.4 is 0 Å². The molecule has 0 N–H and O–H groups in total. The highest BCUT2D eigenvalue weighted by molar-refractivity contribution is 5.75. The highest BCUT2D eigenvalue weighted by Gasteiger charge is 2.27. The van der Waals surface area contributed by atoms with Crippen molar-refractivity contribution in [2.24, 2.45) is 7.05 Å². The Balaban J connectivity index is 1.39. The van der Waals surface area contributed by atoms with Crippen LogP contribution in [0.25, 0.3) is 11.0 Å². The van der Waals surface area contributed by atoms with Gasteiger partial charge in [0, 0.05) is 26.2 Å². The van der Waals surface area contributed by atoms with Gasteiger partial charge in [-0.25, -0.2) is 9.97 Å². The van der Waals surface area contributed by atoms with Crippen molar-refractivity contribution in [3.63, 3.8) is 0 Å². The van der Waals surface area contributed by atoms with Crippen LogP contribution in [0.1, 0.15) is 23.9 Å². The van der Waals surface area contributed by atoms with Gasteiger partial charge in [-0.2, -0.15) is 0 Å². The fourth-order valence-electron chi connectivity index (χ4n) is 3.67. The third-order valence-corrected chi connectivity index (χ3v) is 5.17. The van der Waals surface area contributed by atoms with Gasteiger partial charge >= 0.3 is 0 Å². The number of oxazole rings is 1. The number of nitrogens with zero attached hydrogens (tertiary/aromatic N) is 5. The van der Waals surface area contributed by atoms with Gasteiger partial charge in [0.25, 0.3) is 0 Å². The summed E-state index contributed by atoms with van der Waals surface area (Å²) in [6.45, 7) is 5.75. The van der Waals surface area contributed by atoms with Crippen molar-refractivity contribution in [2.75, 3.05) is 20.1 Å². The summed E-state index contributed by atoms with van der Waals surface area (Å²) >= 11 is 0. The molecule has 6 heteroatoms. The summed E-state index contributed by atoms with van der Waals surface area (Å²) in [6.07, 6.45) is 2.95. The summed E-state index contributed by atoms with van der Waals surface area (Å²) in [5.41, 5.74) is 2.27. The van der Waals surface area contributed by atoms with Crippen LogP contribution >= 0.6 is 0 Å². The van der Waals surface area contributed by atoms with Crippen molar-refractivity contribution in [1.82, 2.24) is 24.3 Å². The van der Waals surface area contributed by atoms with E-state index in [2.05, 4.69) is 51.6 Å². The van der Waals surface area contributed by atoms with Crippen LogP contribution in [0.3, 0.4) is 0 Å². The Labute approximate surface area is 148 Å². The second kappa shape index (κ2) is 6.61. The van der Waals surface area contributed by atoms with Gasteiger partial charge in [0.05, 0.1) is 30.3 Å². The molecule has 0 amide bonds. The zero-order chi connectivity index (χ0) is 17.4. The van der Waals surface area contributed by atoms with Gasteiger partial charge in [-0.15, -0.1) is 0 Å². The molecule has 1 atom stereocenters. The molecule has 1 aliphatic heterocycles. The zero-order valence-electron chi connectivity index (χ0n) is 15.1. The van der Waals surface area contributed by atoms with Crippen LogP contribution in [0.2, 0.25) is 0 Å². The maximum absolute atomic E-state index is 5.61. The monoisotopic (exact) mass is 339 g/mol. The lowest BCUT2D eigenvalue weighted by Gasteiger charge is -2.23. The van der Waals surface area contributed by atoms with Crippen molar-refractivity contribution in [2.45, 2.75) is 32.5 Å². The van der Waals surface area contributed by atoms with E-state index < -0.39 is 0 Å². The minimum atomic E-state index is 0.530. The maximum Gasteiger partial charge on any atom is 0.208 e. The third-order valence-electron chi connectivity index (χ3n) is 5.17. The first-order valence-electron chi connectivity index (χ1n) is 8.84. The Morgan fingerprint density at radius 1 is 1.32 bits per heavy atom. The van der Waals surface area contributed by atoms with Gasteiger partial charge in [0.15, 0.2) is 0 Å². The number of benzene rings is 1. The Kier molecular flexibility index (Phi) is 4.31. The number of rotatable bonds is 5. The van der Waals surface area contributed by atoms with Crippen LogP contribution in [0, 0.1) is 6.92 Å². The highest BCUT2D eigenvalue weighted by Crippen LogP contribution is 2.21. The molecule has 2 aromatic heterocycles. The second-order valence-electron chi connectivity index (χ2n) is 7.03. The van der Waals surface area contributed by atoms with E-state index in [1.807, 2.05) is 13.0 Å². The molecule has 0 saturated carbocycles. The molecule has 3 heterocycles. The predicted molar refractivity (Wildman–Crippen MR) is 97.1 cm³/mol. The number of hydrogen-bond acceptors (Lipinski definition) is 5. The van der Waals surface area contributed by atoms with Crippen LogP contribution in [0.5, 0.6) is 0 Å². The third kappa shape index (κ3) is 3.32. The van der Waals surface area contributed by atoms with Crippen LogP contribution in [-0.2, 0) is 20.1 Å². The molecule has 4 rings (SSSR count). The Hall–Kier alpha value is -2.18. The molecule has 0 spiro atoms. The quantitative estimate of drug-likeness (QED) is 0.715. The molecular weight excluding hydrogens is 314 g/mol. The summed E-state index contributed by atoms with van der Waals surface area (Å²) in [6, 6.07) is 8.85. The molecule has 1 saturated heterocycles. The first-order valence-corrected chi connectivity index (χ1v) is 8.84. The van der Waals surface area contributed by atoms with Gasteiger partial charge in [-0.05, 0) is 32.5 Å². The van der Waals surface area contributed by atoms with Crippen LogP contribution in [0.15, 0.2) is 34.9 Å². The van der Waals surface area contributed by atoms with Crippen molar-refractivity contribution in [1.29, 1.82) is 0 Å². The second-order valence-corrected chi connectivity index (χ2v) is 7.03. The fraction of sp³-hybridized carbons (Fsp3) is 0.474. The molecular formula is C19H25N5O. The van der Waals surface area contributed by atoms with Crippen LogP contribution in [-0.4, -0.2) is 50.5 Å². The molecule has 0 radical (unpaired) electrons. The molecule has 1 fully saturated rings. The number of hydrogen-bond donors (Lipinski definition) is 0. The van der Waals surface area contributed by atoms with Crippen molar-refractivity contribution < 1.29 is 4.42 Å². The summed E-state index contributed by atoms with van der Waals surface area (Å²) in [5.74, 6) is 2.81. The smallest absolute Gasteiger partial charge is 0.208 e. The molecule has 0 bridgehead atoms. The number of para-hydroxylation sites is 2. The van der Waals surface area contributed by atoms with E-state index >= 15 is 0 Å². The normalized spacial score (nSPS) is 18.6. The van der Waals surface area contributed by atoms with E-state index in [0.717, 1.165) is 49.2 Å². The lowest BCUT2D eigenvalue weighted by atomic mass is 10.2. The summed E-state index contributed by atoms with van der Waals surface area (Å²) in [7, 11) is 4.26. The zero-order valence-corrected chi connectivity index (χ0v) is 15.1. The standard InChI is InChI=1S/C19H25N5O/c1-14-10-20-19(25-14)13-22(2)15-8-9-24(11-15)12-18-21-16-6-4-5-7-17(16)23(18)3/h4-7,10,15H,8-9,11-13H2,1-3H3/t15-/m1/s1. The van der Waals surface area contributed by atoms with Crippen molar-refractivity contribution in [3.05, 3.63) is 47.9 Å². The van der Waals surface area contributed by atoms with Crippen LogP contribution in [0.4, 0.5) is 0 Å². The summed E-state index contributed by atoms with van der Waals surface area (Å²) in [5, 5.41) is 0. The lowest BCUT2D eigenvalue weighted by molar-refractivity contribution is 0.203. The van der Waals surface area contributed by atoms with Crippen molar-refractivity contribution in [3.8, 4) is 0 Å². The van der Waals surface area contributed by atoms with Gasteiger partial charge < -0.3 is 8.98 Å². The Morgan fingerprint density at radius 2 is 2.16 bits per heavy atom. The van der Waals surface area contributed by atoms with Gasteiger partial charge in [0.1, 0.15) is 11.6 Å².